The Morgan fingerprint density at radius 2 is 2.33 bits per heavy atom. The highest BCUT2D eigenvalue weighted by molar-refractivity contribution is 8.00. The minimum Gasteiger partial charge on any atom is -0.352 e. The second-order valence-corrected chi connectivity index (χ2v) is 5.50. The Labute approximate surface area is 110 Å². The summed E-state index contributed by atoms with van der Waals surface area (Å²) in [5.74, 6) is 0.0277. The number of nitrogens with one attached hydrogen (secondary N) is 2. The lowest BCUT2D eigenvalue weighted by Gasteiger charge is -2.21. The minimum atomic E-state index is -0.523. The molecule has 1 aliphatic heterocycles. The largest absolute Gasteiger partial charge is 0.352 e. The van der Waals surface area contributed by atoms with Crippen LogP contribution in [0.2, 0.25) is 0 Å². The lowest BCUT2D eigenvalue weighted by Crippen LogP contribution is -2.31. The monoisotopic (exact) mass is 265 g/mol. The average Bonchev–Trinajstić information content (AvgIpc) is 2.30. The van der Waals surface area contributed by atoms with Gasteiger partial charge in [0.2, 0.25) is 5.91 Å². The predicted molar refractivity (Wildman–Crippen MR) is 71.7 cm³/mol. The third kappa shape index (κ3) is 2.95. The number of hydrogen-bond acceptors (Lipinski definition) is 3. The van der Waals surface area contributed by atoms with Gasteiger partial charge in [-0.1, -0.05) is 6.07 Å². The molecule has 4 N–H and O–H groups in total. The van der Waals surface area contributed by atoms with Crippen LogP contribution in [0.4, 0.5) is 10.5 Å². The van der Waals surface area contributed by atoms with Crippen molar-refractivity contribution in [3.05, 3.63) is 23.8 Å². The van der Waals surface area contributed by atoms with Crippen molar-refractivity contribution in [1.82, 2.24) is 5.32 Å². The maximum absolute atomic E-state index is 11.6. The summed E-state index contributed by atoms with van der Waals surface area (Å²) in [4.78, 5) is 23.2. The van der Waals surface area contributed by atoms with Gasteiger partial charge in [0, 0.05) is 11.4 Å². The van der Waals surface area contributed by atoms with Gasteiger partial charge in [-0.2, -0.15) is 0 Å². The number of carbonyl (C=O) groups is 2. The summed E-state index contributed by atoms with van der Waals surface area (Å²) in [7, 11) is 0. The van der Waals surface area contributed by atoms with E-state index in [-0.39, 0.29) is 11.2 Å². The van der Waals surface area contributed by atoms with Crippen LogP contribution in [-0.4, -0.2) is 23.7 Å². The van der Waals surface area contributed by atoms with Crippen molar-refractivity contribution in [3.63, 3.8) is 0 Å². The molecule has 1 heterocycles. The highest BCUT2D eigenvalue weighted by atomic mass is 32.2. The molecule has 0 aromatic heterocycles. The molecular formula is C12H15N3O2S. The number of carbonyl (C=O) groups excluding carboxylic acids is 2. The number of fused-ring (bicyclic) bond motifs is 1. The van der Waals surface area contributed by atoms with E-state index in [1.807, 2.05) is 25.1 Å². The smallest absolute Gasteiger partial charge is 0.312 e. The summed E-state index contributed by atoms with van der Waals surface area (Å²) < 4.78 is 0. The van der Waals surface area contributed by atoms with E-state index in [0.717, 1.165) is 16.1 Å². The van der Waals surface area contributed by atoms with Crippen molar-refractivity contribution < 1.29 is 9.59 Å². The topological polar surface area (TPSA) is 84.2 Å². The van der Waals surface area contributed by atoms with Crippen molar-refractivity contribution in [2.24, 2.45) is 5.73 Å². The van der Waals surface area contributed by atoms with Gasteiger partial charge in [-0.05, 0) is 31.0 Å². The number of amides is 3. The van der Waals surface area contributed by atoms with Crippen LogP contribution < -0.4 is 16.4 Å². The number of urea groups is 1. The summed E-state index contributed by atoms with van der Waals surface area (Å²) in [6.45, 7) is 2.37. The molecule has 1 aliphatic rings. The number of primary amides is 1. The first kappa shape index (κ1) is 12.8. The van der Waals surface area contributed by atoms with Crippen molar-refractivity contribution in [2.45, 2.75) is 23.5 Å². The molecule has 0 radical (unpaired) electrons. The van der Waals surface area contributed by atoms with Crippen molar-refractivity contribution in [2.75, 3.05) is 11.9 Å². The molecular weight excluding hydrogens is 250 g/mol. The Morgan fingerprint density at radius 3 is 3.06 bits per heavy atom. The summed E-state index contributed by atoms with van der Waals surface area (Å²) in [5.41, 5.74) is 6.89. The van der Waals surface area contributed by atoms with Gasteiger partial charge in [0.15, 0.2) is 0 Å². The van der Waals surface area contributed by atoms with Crippen LogP contribution in [0.1, 0.15) is 12.5 Å². The maximum atomic E-state index is 11.6. The van der Waals surface area contributed by atoms with Crippen LogP contribution >= 0.6 is 11.8 Å². The molecule has 0 saturated heterocycles. The molecule has 0 spiro atoms. The summed E-state index contributed by atoms with van der Waals surface area (Å²) in [6.07, 6.45) is 0.687. The molecule has 0 fully saturated rings. The maximum Gasteiger partial charge on any atom is 0.312 e. The zero-order valence-corrected chi connectivity index (χ0v) is 10.8. The van der Waals surface area contributed by atoms with Crippen molar-refractivity contribution >= 4 is 29.4 Å². The SMILES string of the molecule is CC1Sc2ccc(CCNC(N)=O)cc2NC1=O. The number of thioether (sulfide) groups is 1. The molecule has 1 aromatic carbocycles. The summed E-state index contributed by atoms with van der Waals surface area (Å²) in [6, 6.07) is 5.41. The zero-order valence-electron chi connectivity index (χ0n) is 10.0. The second kappa shape index (κ2) is 5.30. The van der Waals surface area contributed by atoms with Crippen LogP contribution in [0, 0.1) is 0 Å². The van der Waals surface area contributed by atoms with E-state index in [1.54, 1.807) is 11.8 Å². The molecule has 1 aromatic rings. The van der Waals surface area contributed by atoms with Gasteiger partial charge in [-0.25, -0.2) is 4.79 Å². The van der Waals surface area contributed by atoms with Crippen LogP contribution in [0.15, 0.2) is 23.1 Å². The fourth-order valence-corrected chi connectivity index (χ4v) is 2.67. The third-order valence-electron chi connectivity index (χ3n) is 2.69. The summed E-state index contributed by atoms with van der Waals surface area (Å²) >= 11 is 1.56. The highest BCUT2D eigenvalue weighted by Gasteiger charge is 2.22. The minimum absolute atomic E-state index is 0.0277. The Bertz CT molecular complexity index is 490. The Balaban J connectivity index is 2.05. The molecule has 0 saturated carbocycles. The number of nitrogens with two attached hydrogens (primary N) is 1. The van der Waals surface area contributed by atoms with Gasteiger partial charge in [-0.3, -0.25) is 4.79 Å². The van der Waals surface area contributed by atoms with Gasteiger partial charge >= 0.3 is 6.03 Å². The molecule has 1 atom stereocenters. The predicted octanol–water partition coefficient (Wildman–Crippen LogP) is 1.33. The Hall–Kier alpha value is -1.69. The summed E-state index contributed by atoms with van der Waals surface area (Å²) in [5, 5.41) is 5.36. The molecule has 18 heavy (non-hydrogen) atoms. The molecule has 2 rings (SSSR count). The quantitative estimate of drug-likeness (QED) is 0.771. The van der Waals surface area contributed by atoms with Gasteiger partial charge in [0.05, 0.1) is 10.9 Å². The first-order valence-corrected chi connectivity index (χ1v) is 6.58. The lowest BCUT2D eigenvalue weighted by molar-refractivity contribution is -0.115. The second-order valence-electron chi connectivity index (χ2n) is 4.12. The highest BCUT2D eigenvalue weighted by Crippen LogP contribution is 2.35. The van der Waals surface area contributed by atoms with E-state index >= 15 is 0 Å². The van der Waals surface area contributed by atoms with Crippen LogP contribution in [0.3, 0.4) is 0 Å². The van der Waals surface area contributed by atoms with Crippen molar-refractivity contribution in [1.29, 1.82) is 0 Å². The van der Waals surface area contributed by atoms with E-state index in [0.29, 0.717) is 13.0 Å². The fourth-order valence-electron chi connectivity index (χ4n) is 1.74. The fraction of sp³-hybridized carbons (Fsp3) is 0.333. The van der Waals surface area contributed by atoms with Crippen LogP contribution in [0.25, 0.3) is 0 Å². The standard InChI is InChI=1S/C12H15N3O2S/c1-7-11(16)15-9-6-8(2-3-10(9)18-7)4-5-14-12(13)17/h2-3,6-7H,4-5H2,1H3,(H,15,16)(H3,13,14,17). The molecule has 0 aliphatic carbocycles. The van der Waals surface area contributed by atoms with Gasteiger partial charge in [-0.15, -0.1) is 11.8 Å². The van der Waals surface area contributed by atoms with E-state index < -0.39 is 6.03 Å². The van der Waals surface area contributed by atoms with E-state index in [2.05, 4.69) is 10.6 Å². The average molecular weight is 265 g/mol. The molecule has 1 unspecified atom stereocenters. The van der Waals surface area contributed by atoms with Gasteiger partial charge in [0.25, 0.3) is 0 Å². The molecule has 0 bridgehead atoms. The van der Waals surface area contributed by atoms with Gasteiger partial charge < -0.3 is 16.4 Å². The Morgan fingerprint density at radius 1 is 1.56 bits per heavy atom. The van der Waals surface area contributed by atoms with Crippen LogP contribution in [-0.2, 0) is 11.2 Å². The molecule has 96 valence electrons. The van der Waals surface area contributed by atoms with E-state index in [4.69, 9.17) is 5.73 Å². The molecule has 6 heteroatoms. The molecule has 5 nitrogen and oxygen atoms in total. The number of hydrogen-bond donors (Lipinski definition) is 3. The number of rotatable bonds is 3. The van der Waals surface area contributed by atoms with Crippen molar-refractivity contribution in [3.8, 4) is 0 Å². The molecule has 3 amide bonds. The first-order chi connectivity index (χ1) is 8.56. The number of benzene rings is 1. The number of anilines is 1. The van der Waals surface area contributed by atoms with Gasteiger partial charge in [0.1, 0.15) is 0 Å². The Kier molecular flexibility index (Phi) is 3.76. The normalized spacial score (nSPS) is 17.8. The zero-order chi connectivity index (χ0) is 13.1. The third-order valence-corrected chi connectivity index (χ3v) is 3.87. The van der Waals surface area contributed by atoms with E-state index in [1.165, 1.54) is 0 Å². The van der Waals surface area contributed by atoms with E-state index in [9.17, 15) is 9.59 Å². The first-order valence-electron chi connectivity index (χ1n) is 5.70. The lowest BCUT2D eigenvalue weighted by atomic mass is 10.1. The van der Waals surface area contributed by atoms with Crippen LogP contribution in [0.5, 0.6) is 0 Å².